The molecule has 1 amide bonds. The Morgan fingerprint density at radius 3 is 2.58 bits per heavy atom. The Labute approximate surface area is 158 Å². The number of nitrogens with one attached hydrogen (secondary N) is 2. The Kier molecular flexibility index (Phi) is 6.93. The van der Waals surface area contributed by atoms with Gasteiger partial charge in [-0.3, -0.25) is 4.79 Å². The van der Waals surface area contributed by atoms with Crippen molar-refractivity contribution in [1.82, 2.24) is 10.6 Å². The van der Waals surface area contributed by atoms with Gasteiger partial charge in [-0.2, -0.15) is 0 Å². The van der Waals surface area contributed by atoms with Crippen LogP contribution in [-0.2, 0) is 17.6 Å². The van der Waals surface area contributed by atoms with Gasteiger partial charge in [0.2, 0.25) is 5.91 Å². The Bertz CT molecular complexity index is 701. The smallest absolute Gasteiger partial charge is 0.224 e. The molecule has 2 N–H and O–H groups in total. The standard InChI is InChI=1S/C18H18Cl2N2O.ClH/c19-15-6-3-7-16(20)14(15)10-18(23)22-11-17-13-5-2-1-4-12(13)8-9-21-17;/h1-7,17,21H,8-11H2,(H,22,23);1H. The summed E-state index contributed by atoms with van der Waals surface area (Å²) < 4.78 is 0. The summed E-state index contributed by atoms with van der Waals surface area (Å²) in [5.74, 6) is -0.0788. The molecule has 3 rings (SSSR count). The van der Waals surface area contributed by atoms with E-state index in [1.54, 1.807) is 18.2 Å². The zero-order chi connectivity index (χ0) is 16.2. The lowest BCUT2D eigenvalue weighted by atomic mass is 9.94. The molecule has 2 aromatic rings. The van der Waals surface area contributed by atoms with Crippen LogP contribution in [0.5, 0.6) is 0 Å². The molecule has 128 valence electrons. The van der Waals surface area contributed by atoms with Crippen LogP contribution in [0.1, 0.15) is 22.7 Å². The van der Waals surface area contributed by atoms with E-state index in [1.807, 2.05) is 6.07 Å². The number of hydrogen-bond donors (Lipinski definition) is 2. The molecule has 0 fully saturated rings. The average molecular weight is 386 g/mol. The van der Waals surface area contributed by atoms with Gasteiger partial charge in [-0.25, -0.2) is 0 Å². The van der Waals surface area contributed by atoms with Crippen LogP contribution in [0.4, 0.5) is 0 Å². The number of carbonyl (C=O) groups is 1. The fourth-order valence-electron chi connectivity index (χ4n) is 2.92. The first kappa shape index (κ1) is 19.1. The van der Waals surface area contributed by atoms with Crippen molar-refractivity contribution in [3.63, 3.8) is 0 Å². The van der Waals surface area contributed by atoms with E-state index in [4.69, 9.17) is 23.2 Å². The summed E-state index contributed by atoms with van der Waals surface area (Å²) in [4.78, 5) is 12.2. The van der Waals surface area contributed by atoms with Crippen LogP contribution in [0.15, 0.2) is 42.5 Å². The summed E-state index contributed by atoms with van der Waals surface area (Å²) in [6.45, 7) is 1.48. The third-order valence-corrected chi connectivity index (χ3v) is 4.83. The van der Waals surface area contributed by atoms with E-state index in [9.17, 15) is 4.79 Å². The molecule has 24 heavy (non-hydrogen) atoms. The highest BCUT2D eigenvalue weighted by atomic mass is 35.5. The number of carbonyl (C=O) groups excluding carboxylic acids is 1. The molecule has 0 radical (unpaired) electrons. The van der Waals surface area contributed by atoms with Gasteiger partial charge in [-0.05, 0) is 41.8 Å². The first-order valence-electron chi connectivity index (χ1n) is 7.66. The lowest BCUT2D eigenvalue weighted by molar-refractivity contribution is -0.120. The fourth-order valence-corrected chi connectivity index (χ4v) is 3.45. The van der Waals surface area contributed by atoms with Gasteiger partial charge in [0.1, 0.15) is 0 Å². The van der Waals surface area contributed by atoms with E-state index in [0.717, 1.165) is 13.0 Å². The highest BCUT2D eigenvalue weighted by molar-refractivity contribution is 6.36. The lowest BCUT2D eigenvalue weighted by Gasteiger charge is -2.27. The largest absolute Gasteiger partial charge is 0.354 e. The number of fused-ring (bicyclic) bond motifs is 1. The molecule has 0 saturated heterocycles. The highest BCUT2D eigenvalue weighted by Gasteiger charge is 2.20. The summed E-state index contributed by atoms with van der Waals surface area (Å²) in [6.07, 6.45) is 1.21. The van der Waals surface area contributed by atoms with Gasteiger partial charge >= 0.3 is 0 Å². The number of rotatable bonds is 4. The lowest BCUT2D eigenvalue weighted by Crippen LogP contribution is -2.39. The second-order valence-electron chi connectivity index (χ2n) is 5.64. The van der Waals surface area contributed by atoms with Crippen molar-refractivity contribution < 1.29 is 4.79 Å². The predicted molar refractivity (Wildman–Crippen MR) is 101 cm³/mol. The molecule has 0 saturated carbocycles. The van der Waals surface area contributed by atoms with Crippen molar-refractivity contribution in [2.45, 2.75) is 18.9 Å². The maximum absolute atomic E-state index is 12.2. The normalized spacial score (nSPS) is 16.0. The van der Waals surface area contributed by atoms with Gasteiger partial charge in [-0.1, -0.05) is 53.5 Å². The Balaban J connectivity index is 0.00000208. The molecule has 1 aliphatic heterocycles. The summed E-state index contributed by atoms with van der Waals surface area (Å²) in [5, 5.41) is 7.47. The van der Waals surface area contributed by atoms with Crippen LogP contribution >= 0.6 is 35.6 Å². The minimum Gasteiger partial charge on any atom is -0.354 e. The van der Waals surface area contributed by atoms with E-state index in [-0.39, 0.29) is 30.8 Å². The predicted octanol–water partition coefficient (Wildman–Crippen LogP) is 3.96. The Morgan fingerprint density at radius 1 is 1.12 bits per heavy atom. The maximum Gasteiger partial charge on any atom is 0.224 e. The molecular weight excluding hydrogens is 367 g/mol. The summed E-state index contributed by atoms with van der Waals surface area (Å²) in [7, 11) is 0. The molecule has 0 bridgehead atoms. The fraction of sp³-hybridized carbons (Fsp3) is 0.278. The molecule has 1 atom stereocenters. The van der Waals surface area contributed by atoms with Crippen molar-refractivity contribution in [3.8, 4) is 0 Å². The van der Waals surface area contributed by atoms with Gasteiger partial charge < -0.3 is 10.6 Å². The zero-order valence-electron chi connectivity index (χ0n) is 13.0. The molecular formula is C18H19Cl3N2O. The molecule has 2 aromatic carbocycles. The number of hydrogen-bond acceptors (Lipinski definition) is 2. The molecule has 6 heteroatoms. The third kappa shape index (κ3) is 4.42. The minimum atomic E-state index is -0.0788. The number of halogens is 3. The minimum absolute atomic E-state index is 0. The van der Waals surface area contributed by atoms with Crippen LogP contribution in [0.3, 0.4) is 0 Å². The van der Waals surface area contributed by atoms with Crippen LogP contribution in [0.2, 0.25) is 10.0 Å². The zero-order valence-corrected chi connectivity index (χ0v) is 15.3. The van der Waals surface area contributed by atoms with Gasteiger partial charge in [0.25, 0.3) is 0 Å². The van der Waals surface area contributed by atoms with Gasteiger partial charge in [-0.15, -0.1) is 12.4 Å². The third-order valence-electron chi connectivity index (χ3n) is 4.12. The van der Waals surface area contributed by atoms with Crippen molar-refractivity contribution in [2.75, 3.05) is 13.1 Å². The van der Waals surface area contributed by atoms with E-state index in [1.165, 1.54) is 11.1 Å². The molecule has 0 spiro atoms. The van der Waals surface area contributed by atoms with Gasteiger partial charge in [0.05, 0.1) is 6.42 Å². The molecule has 3 nitrogen and oxygen atoms in total. The Hall–Kier alpha value is -1.26. The van der Waals surface area contributed by atoms with Crippen LogP contribution in [0, 0.1) is 0 Å². The van der Waals surface area contributed by atoms with Crippen molar-refractivity contribution in [1.29, 1.82) is 0 Å². The Morgan fingerprint density at radius 2 is 1.83 bits per heavy atom. The van der Waals surface area contributed by atoms with E-state index in [0.29, 0.717) is 22.2 Å². The van der Waals surface area contributed by atoms with Crippen molar-refractivity contribution >= 4 is 41.5 Å². The molecule has 0 aromatic heterocycles. The van der Waals surface area contributed by atoms with Crippen LogP contribution in [0.25, 0.3) is 0 Å². The maximum atomic E-state index is 12.2. The van der Waals surface area contributed by atoms with E-state index >= 15 is 0 Å². The van der Waals surface area contributed by atoms with E-state index in [2.05, 4.69) is 28.8 Å². The molecule has 1 heterocycles. The summed E-state index contributed by atoms with van der Waals surface area (Å²) in [6, 6.07) is 13.8. The van der Waals surface area contributed by atoms with Gasteiger partial charge in [0, 0.05) is 22.6 Å². The van der Waals surface area contributed by atoms with Crippen molar-refractivity contribution in [2.24, 2.45) is 0 Å². The average Bonchev–Trinajstić information content (AvgIpc) is 2.56. The quantitative estimate of drug-likeness (QED) is 0.836. The summed E-state index contributed by atoms with van der Waals surface area (Å²) >= 11 is 12.2. The SMILES string of the molecule is Cl.O=C(Cc1c(Cl)cccc1Cl)NCC1NCCc2ccccc21. The van der Waals surface area contributed by atoms with Crippen LogP contribution < -0.4 is 10.6 Å². The summed E-state index contributed by atoms with van der Waals surface area (Å²) in [5.41, 5.74) is 3.28. The second kappa shape index (κ2) is 8.72. The molecule has 1 unspecified atom stereocenters. The van der Waals surface area contributed by atoms with E-state index < -0.39 is 0 Å². The molecule has 1 aliphatic rings. The molecule has 0 aliphatic carbocycles. The van der Waals surface area contributed by atoms with Crippen molar-refractivity contribution in [3.05, 3.63) is 69.2 Å². The van der Waals surface area contributed by atoms with Gasteiger partial charge in [0.15, 0.2) is 0 Å². The number of amides is 1. The monoisotopic (exact) mass is 384 g/mol. The van der Waals surface area contributed by atoms with Crippen LogP contribution in [-0.4, -0.2) is 19.0 Å². The second-order valence-corrected chi connectivity index (χ2v) is 6.45. The number of benzene rings is 2. The highest BCUT2D eigenvalue weighted by Crippen LogP contribution is 2.25. The first-order valence-corrected chi connectivity index (χ1v) is 8.41. The topological polar surface area (TPSA) is 41.1 Å². The first-order chi connectivity index (χ1) is 11.1.